The fraction of sp³-hybridized carbons (Fsp3) is 0.250. The van der Waals surface area contributed by atoms with Crippen molar-refractivity contribution in [3.63, 3.8) is 0 Å². The Balaban J connectivity index is 1.36. The number of carbonyl (C=O) groups excluding carboxylic acids is 2. The van der Waals surface area contributed by atoms with Crippen LogP contribution in [0.2, 0.25) is 0 Å². The third kappa shape index (κ3) is 4.08. The van der Waals surface area contributed by atoms with Crippen LogP contribution in [0.3, 0.4) is 0 Å². The minimum atomic E-state index is -1.20. The monoisotopic (exact) mass is 515 g/mol. The van der Waals surface area contributed by atoms with E-state index in [-0.39, 0.29) is 22.4 Å². The summed E-state index contributed by atoms with van der Waals surface area (Å²) in [6.45, 7) is 0.311. The van der Waals surface area contributed by atoms with Gasteiger partial charge in [-0.05, 0) is 12.1 Å². The fourth-order valence-corrected chi connectivity index (χ4v) is 5.73. The zero-order chi connectivity index (χ0) is 24.7. The number of nitrogen functional groups attached to an aromatic ring is 1. The molecule has 0 aromatic carbocycles. The number of carboxylic acid groups (broad SMARTS) is 1. The lowest BCUT2D eigenvalue weighted by atomic mass is 10.0. The van der Waals surface area contributed by atoms with E-state index in [0.29, 0.717) is 17.9 Å². The Morgan fingerprint density at radius 2 is 2.26 bits per heavy atom. The number of β-lactam (4-membered cyclic amide) rings is 1. The van der Waals surface area contributed by atoms with Crippen molar-refractivity contribution in [1.82, 2.24) is 24.0 Å². The second-order valence-corrected chi connectivity index (χ2v) is 9.53. The lowest BCUT2D eigenvalue weighted by Gasteiger charge is -2.49. The van der Waals surface area contributed by atoms with Gasteiger partial charge in [0.05, 0.1) is 6.20 Å². The summed E-state index contributed by atoms with van der Waals surface area (Å²) in [5, 5.41) is 15.7. The van der Waals surface area contributed by atoms with Crippen LogP contribution in [0, 0.1) is 0 Å². The second kappa shape index (κ2) is 8.99. The van der Waals surface area contributed by atoms with Crippen molar-refractivity contribution in [2.24, 2.45) is 5.16 Å². The topological polar surface area (TPSA) is 168 Å². The molecule has 2 aliphatic rings. The molecular formula is C20H19N8O5S2+. The molecule has 3 aromatic heterocycles. The molecule has 0 unspecified atom stereocenters. The van der Waals surface area contributed by atoms with E-state index >= 15 is 0 Å². The first-order valence-electron chi connectivity index (χ1n) is 10.2. The number of aliphatic carboxylic acids is 1. The van der Waals surface area contributed by atoms with Gasteiger partial charge in [-0.15, -0.1) is 11.8 Å². The van der Waals surface area contributed by atoms with Crippen LogP contribution >= 0.6 is 23.3 Å². The number of nitrogens with zero attached hydrogens (tertiary/aromatic N) is 6. The summed E-state index contributed by atoms with van der Waals surface area (Å²) in [6, 6.07) is 2.92. The van der Waals surface area contributed by atoms with Crippen molar-refractivity contribution >= 4 is 57.4 Å². The number of oxime groups is 1. The van der Waals surface area contributed by atoms with Crippen molar-refractivity contribution in [2.45, 2.75) is 18.0 Å². The maximum atomic E-state index is 13.0. The highest BCUT2D eigenvalue weighted by molar-refractivity contribution is 8.00. The third-order valence-electron chi connectivity index (χ3n) is 5.49. The van der Waals surface area contributed by atoms with Gasteiger partial charge in [0, 0.05) is 29.1 Å². The first-order chi connectivity index (χ1) is 16.9. The molecule has 3 aromatic rings. The highest BCUT2D eigenvalue weighted by Crippen LogP contribution is 2.40. The highest BCUT2D eigenvalue weighted by Gasteiger charge is 2.54. The summed E-state index contributed by atoms with van der Waals surface area (Å²) in [5.41, 5.74) is 6.84. The Bertz CT molecular complexity index is 1410. The SMILES string of the molecule is CO/N=C(\C(=O)N[C@@H]1C(=O)N2C(C(=O)O)=C(C[n+]3ccn4cccc4c3)CS[C@H]12)c1nsc(N)n1. The van der Waals surface area contributed by atoms with Crippen LogP contribution in [-0.2, 0) is 25.8 Å². The van der Waals surface area contributed by atoms with Gasteiger partial charge in [-0.1, -0.05) is 5.16 Å². The molecule has 180 valence electrons. The quantitative estimate of drug-likeness (QED) is 0.162. The molecular weight excluding hydrogens is 496 g/mol. The number of hydrogen-bond donors (Lipinski definition) is 3. The van der Waals surface area contributed by atoms with Crippen LogP contribution in [0.25, 0.3) is 5.52 Å². The van der Waals surface area contributed by atoms with Gasteiger partial charge < -0.3 is 25.4 Å². The average molecular weight is 516 g/mol. The lowest BCUT2D eigenvalue weighted by molar-refractivity contribution is -0.688. The summed E-state index contributed by atoms with van der Waals surface area (Å²) < 4.78 is 7.77. The van der Waals surface area contributed by atoms with Gasteiger partial charge in [0.1, 0.15) is 29.7 Å². The third-order valence-corrected chi connectivity index (χ3v) is 7.37. The molecule has 0 bridgehead atoms. The zero-order valence-corrected chi connectivity index (χ0v) is 19.8. The van der Waals surface area contributed by atoms with Gasteiger partial charge in [0.25, 0.3) is 11.8 Å². The number of thioether (sulfide) groups is 1. The van der Waals surface area contributed by atoms with Gasteiger partial charge in [0.15, 0.2) is 24.1 Å². The minimum absolute atomic E-state index is 0.0304. The van der Waals surface area contributed by atoms with Gasteiger partial charge in [0.2, 0.25) is 11.5 Å². The molecule has 2 amide bonds. The van der Waals surface area contributed by atoms with E-state index < -0.39 is 29.2 Å². The van der Waals surface area contributed by atoms with Crippen molar-refractivity contribution in [3.8, 4) is 0 Å². The summed E-state index contributed by atoms with van der Waals surface area (Å²) >= 11 is 2.26. The number of anilines is 1. The van der Waals surface area contributed by atoms with E-state index in [1.165, 1.54) is 23.8 Å². The van der Waals surface area contributed by atoms with Crippen LogP contribution in [0.15, 0.2) is 53.3 Å². The van der Waals surface area contributed by atoms with Gasteiger partial charge in [-0.2, -0.15) is 13.9 Å². The van der Waals surface area contributed by atoms with Gasteiger partial charge in [-0.3, -0.25) is 14.5 Å². The van der Waals surface area contributed by atoms with Crippen LogP contribution in [-0.4, -0.2) is 71.5 Å². The molecule has 1 saturated heterocycles. The maximum Gasteiger partial charge on any atom is 0.352 e. The number of carbonyl (C=O) groups is 3. The summed E-state index contributed by atoms with van der Waals surface area (Å²) in [7, 11) is 1.26. The van der Waals surface area contributed by atoms with E-state index in [2.05, 4.69) is 19.8 Å². The van der Waals surface area contributed by atoms with Crippen LogP contribution < -0.4 is 15.6 Å². The standard InChI is InChI=1S/C20H18N8O5S2/c1-33-24-12(15-23-20(21)35-25-15)16(29)22-13-17(30)28-14(19(31)32)10(9-34-18(13)28)7-26-5-6-27-4-2-3-11(27)8-26/h2-6,8,13,18H,7,9H2,1H3,(H3-,21,22,23,25,29,31,32)/p+1/b24-12-/t13-,18-/m1/s1. The molecule has 1 fully saturated rings. The summed E-state index contributed by atoms with van der Waals surface area (Å²) in [4.78, 5) is 47.8. The molecule has 4 N–H and O–H groups in total. The molecule has 0 spiro atoms. The van der Waals surface area contributed by atoms with Crippen LogP contribution in [0.4, 0.5) is 5.13 Å². The number of nitrogens with one attached hydrogen (secondary N) is 1. The minimum Gasteiger partial charge on any atom is -0.477 e. The molecule has 0 radical (unpaired) electrons. The largest absolute Gasteiger partial charge is 0.477 e. The Morgan fingerprint density at radius 3 is 2.97 bits per heavy atom. The Morgan fingerprint density at radius 1 is 1.43 bits per heavy atom. The van der Waals surface area contributed by atoms with E-state index in [0.717, 1.165) is 17.0 Å². The number of amides is 2. The van der Waals surface area contributed by atoms with E-state index in [1.54, 1.807) is 0 Å². The molecule has 5 rings (SSSR count). The van der Waals surface area contributed by atoms with Crippen LogP contribution in [0.5, 0.6) is 0 Å². The number of hydrogen-bond acceptors (Lipinski definition) is 10. The maximum absolute atomic E-state index is 13.0. The van der Waals surface area contributed by atoms with E-state index in [4.69, 9.17) is 10.6 Å². The zero-order valence-electron chi connectivity index (χ0n) is 18.2. The number of aromatic nitrogens is 4. The van der Waals surface area contributed by atoms with E-state index in [9.17, 15) is 19.5 Å². The molecule has 2 atom stereocenters. The molecule has 0 saturated carbocycles. The summed E-state index contributed by atoms with van der Waals surface area (Å²) in [6.07, 6.45) is 7.53. The first-order valence-corrected chi connectivity index (χ1v) is 12.1. The molecule has 35 heavy (non-hydrogen) atoms. The highest BCUT2D eigenvalue weighted by atomic mass is 32.2. The molecule has 15 heteroatoms. The van der Waals surface area contributed by atoms with Crippen molar-refractivity contribution in [1.29, 1.82) is 0 Å². The fourth-order valence-electron chi connectivity index (χ4n) is 3.96. The average Bonchev–Trinajstić information content (AvgIpc) is 3.48. The number of carboxylic acids is 1. The Labute approximate surface area is 206 Å². The second-order valence-electron chi connectivity index (χ2n) is 7.64. The molecule has 2 aliphatic heterocycles. The number of nitrogens with two attached hydrogens (primary N) is 1. The Kier molecular flexibility index (Phi) is 5.86. The smallest absolute Gasteiger partial charge is 0.352 e. The summed E-state index contributed by atoms with van der Waals surface area (Å²) in [5.74, 6) is -2.11. The molecule has 13 nitrogen and oxygen atoms in total. The first kappa shape index (κ1) is 22.8. The van der Waals surface area contributed by atoms with Crippen molar-refractivity contribution in [3.05, 3.63) is 54.0 Å². The Hall–Kier alpha value is -3.98. The normalized spacial score (nSPS) is 20.0. The predicted octanol–water partition coefficient (Wildman–Crippen LogP) is -0.550. The van der Waals surface area contributed by atoms with Crippen molar-refractivity contribution in [2.75, 3.05) is 18.6 Å². The van der Waals surface area contributed by atoms with Crippen molar-refractivity contribution < 1.29 is 28.9 Å². The van der Waals surface area contributed by atoms with Gasteiger partial charge in [-0.25, -0.2) is 4.79 Å². The number of fused-ring (bicyclic) bond motifs is 2. The molecule has 0 aliphatic carbocycles. The predicted molar refractivity (Wildman–Crippen MR) is 125 cm³/mol. The van der Waals surface area contributed by atoms with Crippen LogP contribution in [0.1, 0.15) is 5.82 Å². The van der Waals surface area contributed by atoms with E-state index in [1.807, 2.05) is 45.9 Å². The number of rotatable bonds is 7. The molecule has 5 heterocycles. The van der Waals surface area contributed by atoms with Gasteiger partial charge >= 0.3 is 5.97 Å². The lowest BCUT2D eigenvalue weighted by Crippen LogP contribution is -2.71.